The van der Waals surface area contributed by atoms with Crippen LogP contribution in [0.1, 0.15) is 31.7 Å². The lowest BCUT2D eigenvalue weighted by molar-refractivity contribution is 0.119. The minimum atomic E-state index is -2.50. The molecule has 0 atom stereocenters. The van der Waals surface area contributed by atoms with Crippen molar-refractivity contribution in [2.45, 2.75) is 39.2 Å². The lowest BCUT2D eigenvalue weighted by Crippen LogP contribution is -2.44. The number of piperidine rings is 1. The normalized spacial score (nSPS) is 14.9. The second-order valence-corrected chi connectivity index (χ2v) is 14.5. The Morgan fingerprint density at radius 3 is 2.62 bits per heavy atom. The third kappa shape index (κ3) is 8.43. The lowest BCUT2D eigenvalue weighted by Gasteiger charge is -2.36. The van der Waals surface area contributed by atoms with E-state index in [0.717, 1.165) is 41.8 Å². The number of nitrogens with one attached hydrogen (secondary N) is 2. The number of aryl methyl sites for hydroxylation is 1. The number of benzene rings is 2. The lowest BCUT2D eigenvalue weighted by atomic mass is 10.0. The van der Waals surface area contributed by atoms with Gasteiger partial charge in [-0.2, -0.15) is 4.98 Å². The van der Waals surface area contributed by atoms with Crippen LogP contribution in [0, 0.1) is 6.92 Å². The smallest absolute Gasteiger partial charge is 0.229 e. The van der Waals surface area contributed by atoms with E-state index in [0.29, 0.717) is 35.1 Å². The van der Waals surface area contributed by atoms with Crippen molar-refractivity contribution in [2.24, 2.45) is 0 Å². The van der Waals surface area contributed by atoms with E-state index in [4.69, 9.17) is 16.3 Å². The van der Waals surface area contributed by atoms with Gasteiger partial charge in [-0.05, 0) is 96.0 Å². The highest BCUT2D eigenvalue weighted by Crippen LogP contribution is 2.38. The summed E-state index contributed by atoms with van der Waals surface area (Å²) in [6, 6.07) is 14.2. The van der Waals surface area contributed by atoms with Crippen molar-refractivity contribution < 1.29 is 9.30 Å². The van der Waals surface area contributed by atoms with E-state index in [-0.39, 0.29) is 0 Å². The SMILES string of the molecule is CCN(CCCOc1cc(C)cc(Nc2ncc(Cl)c(Nc3ccccc3P(C)(C)=O)n2)c1)C1CCN(C)CC1. The van der Waals surface area contributed by atoms with Crippen LogP contribution in [0.3, 0.4) is 0 Å². The Bertz CT molecular complexity index is 1330. The van der Waals surface area contributed by atoms with Crippen LogP contribution in [-0.4, -0.2) is 79.0 Å². The summed E-state index contributed by atoms with van der Waals surface area (Å²) in [5.41, 5.74) is 2.62. The number of aromatic nitrogens is 2. The van der Waals surface area contributed by atoms with Crippen LogP contribution in [0.2, 0.25) is 5.02 Å². The predicted octanol–water partition coefficient (Wildman–Crippen LogP) is 6.36. The molecular weight excluding hydrogens is 543 g/mol. The number of para-hydroxylation sites is 1. The number of halogens is 1. The molecule has 2 aromatic carbocycles. The van der Waals surface area contributed by atoms with Crippen LogP contribution >= 0.6 is 18.7 Å². The maximum atomic E-state index is 12.8. The molecule has 216 valence electrons. The molecule has 1 fully saturated rings. The number of anilines is 4. The van der Waals surface area contributed by atoms with Gasteiger partial charge in [-0.25, -0.2) is 4.98 Å². The first kappa shape index (κ1) is 30.3. The number of hydrogen-bond acceptors (Lipinski definition) is 8. The highest BCUT2D eigenvalue weighted by Gasteiger charge is 2.22. The highest BCUT2D eigenvalue weighted by atomic mass is 35.5. The number of nitrogens with zero attached hydrogens (tertiary/aromatic N) is 4. The summed E-state index contributed by atoms with van der Waals surface area (Å²) in [7, 11) is -0.291. The van der Waals surface area contributed by atoms with Crippen LogP contribution < -0.4 is 20.7 Å². The summed E-state index contributed by atoms with van der Waals surface area (Å²) in [4.78, 5) is 14.0. The molecule has 0 bridgehead atoms. The van der Waals surface area contributed by atoms with Crippen LogP contribution in [0.4, 0.5) is 23.1 Å². The summed E-state index contributed by atoms with van der Waals surface area (Å²) in [6.07, 6.45) is 5.02. The van der Waals surface area contributed by atoms with Crippen LogP contribution in [-0.2, 0) is 4.57 Å². The summed E-state index contributed by atoms with van der Waals surface area (Å²) in [6.45, 7) is 12.9. The minimum Gasteiger partial charge on any atom is -0.493 e. The zero-order valence-corrected chi connectivity index (χ0v) is 25.9. The minimum absolute atomic E-state index is 0.372. The zero-order valence-electron chi connectivity index (χ0n) is 24.3. The molecule has 8 nitrogen and oxygen atoms in total. The fraction of sp³-hybridized carbons (Fsp3) is 0.467. The molecule has 4 rings (SSSR count). The summed E-state index contributed by atoms with van der Waals surface area (Å²) in [5.74, 6) is 1.65. The molecule has 2 heterocycles. The number of likely N-dealkylation sites (tertiary alicyclic amines) is 1. The first-order valence-electron chi connectivity index (χ1n) is 14.0. The summed E-state index contributed by atoms with van der Waals surface area (Å²) < 4.78 is 18.9. The molecule has 10 heteroatoms. The van der Waals surface area contributed by atoms with Crippen LogP contribution in [0.5, 0.6) is 5.75 Å². The molecule has 1 saturated heterocycles. The molecule has 0 radical (unpaired) electrons. The largest absolute Gasteiger partial charge is 0.493 e. The second-order valence-electron chi connectivity index (χ2n) is 10.9. The zero-order chi connectivity index (χ0) is 28.7. The van der Waals surface area contributed by atoms with Gasteiger partial charge in [0.05, 0.1) is 18.5 Å². The summed E-state index contributed by atoms with van der Waals surface area (Å²) >= 11 is 6.42. The molecule has 0 saturated carbocycles. The molecule has 0 spiro atoms. The maximum Gasteiger partial charge on any atom is 0.229 e. The van der Waals surface area contributed by atoms with Gasteiger partial charge in [0.2, 0.25) is 5.95 Å². The first-order chi connectivity index (χ1) is 19.1. The maximum absolute atomic E-state index is 12.8. The molecule has 2 N–H and O–H groups in total. The van der Waals surface area contributed by atoms with Crippen molar-refractivity contribution in [3.63, 3.8) is 0 Å². The molecule has 3 aromatic rings. The topological polar surface area (TPSA) is 82.6 Å². The van der Waals surface area contributed by atoms with Crippen molar-refractivity contribution >= 4 is 47.2 Å². The fourth-order valence-electron chi connectivity index (χ4n) is 5.14. The Balaban J connectivity index is 1.38. The third-order valence-electron chi connectivity index (χ3n) is 7.26. The molecule has 0 unspecified atom stereocenters. The standard InChI is InChI=1S/C30H42ClN6O2P/c1-6-37(24-12-15-36(3)16-13-24)14-9-17-39-25-19-22(2)18-23(20-25)33-30-32-21-26(31)29(35-30)34-27-10-7-8-11-28(27)40(4,5)38/h7-8,10-11,18-21,24H,6,9,12-17H2,1-5H3,(H2,32,33,34,35). The Morgan fingerprint density at radius 1 is 1.15 bits per heavy atom. The van der Waals surface area contributed by atoms with Gasteiger partial charge >= 0.3 is 0 Å². The summed E-state index contributed by atoms with van der Waals surface area (Å²) in [5, 5.41) is 7.64. The molecule has 0 aliphatic carbocycles. The number of rotatable bonds is 12. The van der Waals surface area contributed by atoms with E-state index < -0.39 is 7.14 Å². The highest BCUT2D eigenvalue weighted by molar-refractivity contribution is 7.70. The molecule has 1 aliphatic heterocycles. The van der Waals surface area contributed by atoms with Gasteiger partial charge in [0.1, 0.15) is 17.9 Å². The van der Waals surface area contributed by atoms with E-state index in [1.807, 2.05) is 49.4 Å². The molecule has 1 aliphatic rings. The average molecular weight is 585 g/mol. The van der Waals surface area contributed by atoms with E-state index in [1.165, 1.54) is 25.9 Å². The Morgan fingerprint density at radius 2 is 1.90 bits per heavy atom. The van der Waals surface area contributed by atoms with E-state index in [1.54, 1.807) is 19.5 Å². The van der Waals surface area contributed by atoms with Crippen molar-refractivity contribution in [2.75, 3.05) is 63.8 Å². The van der Waals surface area contributed by atoms with E-state index in [9.17, 15) is 4.57 Å². The third-order valence-corrected chi connectivity index (χ3v) is 9.08. The monoisotopic (exact) mass is 584 g/mol. The van der Waals surface area contributed by atoms with Gasteiger partial charge in [0, 0.05) is 29.6 Å². The molecule has 0 amide bonds. The first-order valence-corrected chi connectivity index (χ1v) is 17.0. The number of hydrogen-bond donors (Lipinski definition) is 2. The van der Waals surface area contributed by atoms with Crippen LogP contribution in [0.25, 0.3) is 0 Å². The van der Waals surface area contributed by atoms with Crippen molar-refractivity contribution in [1.29, 1.82) is 0 Å². The van der Waals surface area contributed by atoms with Gasteiger partial charge in [-0.1, -0.05) is 30.7 Å². The van der Waals surface area contributed by atoms with Crippen molar-refractivity contribution in [3.05, 3.63) is 59.2 Å². The average Bonchev–Trinajstić information content (AvgIpc) is 2.91. The predicted molar refractivity (Wildman–Crippen MR) is 168 cm³/mol. The van der Waals surface area contributed by atoms with Gasteiger partial charge in [-0.3, -0.25) is 0 Å². The van der Waals surface area contributed by atoms with Crippen molar-refractivity contribution in [1.82, 2.24) is 19.8 Å². The van der Waals surface area contributed by atoms with E-state index >= 15 is 0 Å². The Hall–Kier alpha value is -2.64. The van der Waals surface area contributed by atoms with Gasteiger partial charge in [0.15, 0.2) is 5.82 Å². The molecular formula is C30H42ClN6O2P. The van der Waals surface area contributed by atoms with Gasteiger partial charge in [0.25, 0.3) is 0 Å². The Labute approximate surface area is 243 Å². The van der Waals surface area contributed by atoms with Crippen molar-refractivity contribution in [3.8, 4) is 5.75 Å². The van der Waals surface area contributed by atoms with Gasteiger partial charge < -0.3 is 29.7 Å². The molecule has 40 heavy (non-hydrogen) atoms. The Kier molecular flexibility index (Phi) is 10.5. The van der Waals surface area contributed by atoms with E-state index in [2.05, 4.69) is 44.4 Å². The van der Waals surface area contributed by atoms with Crippen LogP contribution in [0.15, 0.2) is 48.7 Å². The van der Waals surface area contributed by atoms with Gasteiger partial charge in [-0.15, -0.1) is 0 Å². The fourth-order valence-corrected chi connectivity index (χ4v) is 6.43. The second kappa shape index (κ2) is 13.8. The number of ether oxygens (including phenoxy) is 1. The molecule has 1 aromatic heterocycles. The quantitative estimate of drug-likeness (QED) is 0.188.